The van der Waals surface area contributed by atoms with Crippen LogP contribution < -0.4 is 0 Å². The molecule has 0 radical (unpaired) electrons. The van der Waals surface area contributed by atoms with Gasteiger partial charge in [0.25, 0.3) is 0 Å². The largest absolute Gasteiger partial charge is 0.371 e. The highest BCUT2D eigenvalue weighted by molar-refractivity contribution is 7.10. The molecule has 0 N–H and O–H groups in total. The van der Waals surface area contributed by atoms with Crippen LogP contribution in [0.4, 0.5) is 4.39 Å². The van der Waals surface area contributed by atoms with E-state index >= 15 is 0 Å². The molecule has 1 aromatic heterocycles. The van der Waals surface area contributed by atoms with Crippen LogP contribution in [0.2, 0.25) is 0 Å². The van der Waals surface area contributed by atoms with Crippen molar-refractivity contribution >= 4 is 11.3 Å². The summed E-state index contributed by atoms with van der Waals surface area (Å²) in [6.45, 7) is 7.11. The maximum Gasteiger partial charge on any atom is 0.123 e. The van der Waals surface area contributed by atoms with Gasteiger partial charge in [0.15, 0.2) is 0 Å². The summed E-state index contributed by atoms with van der Waals surface area (Å²) in [6, 6.07) is 9.07. The number of thiophene rings is 1. The number of hydrogen-bond donors (Lipinski definition) is 0. The highest BCUT2D eigenvalue weighted by atomic mass is 32.1. The summed E-state index contributed by atoms with van der Waals surface area (Å²) in [7, 11) is 0. The molecule has 1 unspecified atom stereocenters. The van der Waals surface area contributed by atoms with Crippen LogP contribution >= 0.6 is 11.3 Å². The standard InChI is InChI=1S/C20H25FN2OS/c21-18-5-3-17(4-6-18)20-14-23(9-10-24-20)13-19-11-16(15-25-19)12-22-7-1-2-8-22/h3-6,11,15,20H,1-2,7-10,12-14H2. The van der Waals surface area contributed by atoms with Gasteiger partial charge in [-0.3, -0.25) is 9.80 Å². The van der Waals surface area contributed by atoms with E-state index in [1.165, 1.54) is 48.5 Å². The molecule has 2 aliphatic heterocycles. The molecule has 2 aliphatic rings. The molecular formula is C20H25FN2OS. The highest BCUT2D eigenvalue weighted by Gasteiger charge is 2.22. The second kappa shape index (κ2) is 7.96. The van der Waals surface area contributed by atoms with E-state index in [1.807, 2.05) is 23.5 Å². The van der Waals surface area contributed by atoms with Crippen LogP contribution in [0.15, 0.2) is 35.7 Å². The van der Waals surface area contributed by atoms with Gasteiger partial charge in [-0.1, -0.05) is 12.1 Å². The molecule has 25 heavy (non-hydrogen) atoms. The Morgan fingerprint density at radius 2 is 1.84 bits per heavy atom. The summed E-state index contributed by atoms with van der Waals surface area (Å²) in [5.41, 5.74) is 2.51. The zero-order chi connectivity index (χ0) is 17.1. The van der Waals surface area contributed by atoms with Gasteiger partial charge >= 0.3 is 0 Å². The Labute approximate surface area is 153 Å². The van der Waals surface area contributed by atoms with Crippen LogP contribution in [0, 0.1) is 5.82 Å². The molecule has 4 rings (SSSR count). The summed E-state index contributed by atoms with van der Waals surface area (Å²) in [6.07, 6.45) is 2.73. The van der Waals surface area contributed by atoms with Gasteiger partial charge in [-0.15, -0.1) is 11.3 Å². The van der Waals surface area contributed by atoms with Gasteiger partial charge in [0.2, 0.25) is 0 Å². The molecule has 134 valence electrons. The quantitative estimate of drug-likeness (QED) is 0.800. The topological polar surface area (TPSA) is 15.7 Å². The van der Waals surface area contributed by atoms with E-state index in [9.17, 15) is 4.39 Å². The van der Waals surface area contributed by atoms with Crippen LogP contribution in [0.5, 0.6) is 0 Å². The van der Waals surface area contributed by atoms with Crippen molar-refractivity contribution < 1.29 is 9.13 Å². The van der Waals surface area contributed by atoms with Gasteiger partial charge in [0.1, 0.15) is 5.82 Å². The van der Waals surface area contributed by atoms with Gasteiger partial charge in [0, 0.05) is 31.1 Å². The number of benzene rings is 1. The first-order valence-corrected chi connectivity index (χ1v) is 10.0. The number of likely N-dealkylation sites (tertiary alicyclic amines) is 1. The fourth-order valence-electron chi connectivity index (χ4n) is 3.74. The van der Waals surface area contributed by atoms with Crippen LogP contribution in [-0.4, -0.2) is 42.6 Å². The molecule has 3 nitrogen and oxygen atoms in total. The number of morpholine rings is 1. The van der Waals surface area contributed by atoms with E-state index < -0.39 is 0 Å². The first-order valence-electron chi connectivity index (χ1n) is 9.14. The molecule has 2 fully saturated rings. The van der Waals surface area contributed by atoms with E-state index in [-0.39, 0.29) is 11.9 Å². The second-order valence-corrected chi connectivity index (χ2v) is 8.05. The lowest BCUT2D eigenvalue weighted by Gasteiger charge is -2.32. The van der Waals surface area contributed by atoms with Crippen molar-refractivity contribution in [2.24, 2.45) is 0 Å². The Morgan fingerprint density at radius 1 is 1.04 bits per heavy atom. The van der Waals surface area contributed by atoms with E-state index in [1.54, 1.807) is 0 Å². The van der Waals surface area contributed by atoms with Crippen molar-refractivity contribution in [2.45, 2.75) is 32.0 Å². The minimum Gasteiger partial charge on any atom is -0.371 e. The minimum atomic E-state index is -0.194. The lowest BCUT2D eigenvalue weighted by atomic mass is 10.1. The lowest BCUT2D eigenvalue weighted by Crippen LogP contribution is -2.37. The first kappa shape index (κ1) is 17.2. The third kappa shape index (κ3) is 4.47. The normalized spacial score (nSPS) is 22.5. The van der Waals surface area contributed by atoms with Gasteiger partial charge in [-0.25, -0.2) is 4.39 Å². The third-order valence-corrected chi connectivity index (χ3v) is 6.06. The SMILES string of the molecule is Fc1ccc(C2CN(Cc3cc(CN4CCCC4)cs3)CCO2)cc1. The summed E-state index contributed by atoms with van der Waals surface area (Å²) in [5, 5.41) is 2.31. The Balaban J connectivity index is 1.34. The number of hydrogen-bond acceptors (Lipinski definition) is 4. The highest BCUT2D eigenvalue weighted by Crippen LogP contribution is 2.25. The summed E-state index contributed by atoms with van der Waals surface area (Å²) >= 11 is 1.87. The lowest BCUT2D eigenvalue weighted by molar-refractivity contribution is -0.0326. The van der Waals surface area contributed by atoms with Crippen LogP contribution in [0.25, 0.3) is 0 Å². The Bertz CT molecular complexity index is 681. The maximum atomic E-state index is 13.1. The zero-order valence-corrected chi connectivity index (χ0v) is 15.3. The third-order valence-electron chi connectivity index (χ3n) is 5.08. The van der Waals surface area contributed by atoms with Crippen molar-refractivity contribution in [1.82, 2.24) is 9.80 Å². The number of halogens is 1. The van der Waals surface area contributed by atoms with E-state index in [2.05, 4.69) is 21.2 Å². The van der Waals surface area contributed by atoms with Gasteiger partial charge in [-0.05, 0) is 60.6 Å². The predicted molar refractivity (Wildman–Crippen MR) is 99.2 cm³/mol. The summed E-state index contributed by atoms with van der Waals surface area (Å²) in [5.74, 6) is -0.194. The molecule has 1 aromatic carbocycles. The second-order valence-electron chi connectivity index (χ2n) is 7.05. The number of nitrogens with zero attached hydrogens (tertiary/aromatic N) is 2. The molecule has 0 amide bonds. The molecule has 0 aliphatic carbocycles. The van der Waals surface area contributed by atoms with Crippen molar-refractivity contribution in [3.8, 4) is 0 Å². The molecule has 3 heterocycles. The predicted octanol–water partition coefficient (Wildman–Crippen LogP) is 4.06. The molecule has 2 saturated heterocycles. The Morgan fingerprint density at radius 3 is 2.64 bits per heavy atom. The Kier molecular flexibility index (Phi) is 5.46. The fraction of sp³-hybridized carbons (Fsp3) is 0.500. The average molecular weight is 360 g/mol. The minimum absolute atomic E-state index is 0.0402. The van der Waals surface area contributed by atoms with Crippen molar-refractivity contribution in [2.75, 3.05) is 32.8 Å². The monoisotopic (exact) mass is 360 g/mol. The van der Waals surface area contributed by atoms with Crippen LogP contribution in [-0.2, 0) is 17.8 Å². The summed E-state index contributed by atoms with van der Waals surface area (Å²) in [4.78, 5) is 6.42. The molecule has 2 aromatic rings. The molecule has 0 spiro atoms. The van der Waals surface area contributed by atoms with E-state index in [4.69, 9.17) is 4.74 Å². The zero-order valence-electron chi connectivity index (χ0n) is 14.5. The van der Waals surface area contributed by atoms with E-state index in [0.29, 0.717) is 0 Å². The molecule has 0 bridgehead atoms. The van der Waals surface area contributed by atoms with Crippen LogP contribution in [0.1, 0.15) is 34.9 Å². The summed E-state index contributed by atoms with van der Waals surface area (Å²) < 4.78 is 19.0. The molecule has 0 saturated carbocycles. The molecular weight excluding hydrogens is 335 g/mol. The number of rotatable bonds is 5. The first-order chi connectivity index (χ1) is 12.3. The van der Waals surface area contributed by atoms with Crippen LogP contribution in [0.3, 0.4) is 0 Å². The molecule has 1 atom stereocenters. The Hall–Kier alpha value is -1.27. The van der Waals surface area contributed by atoms with Gasteiger partial charge in [0.05, 0.1) is 12.7 Å². The van der Waals surface area contributed by atoms with Crippen molar-refractivity contribution in [1.29, 1.82) is 0 Å². The van der Waals surface area contributed by atoms with Gasteiger partial charge < -0.3 is 4.74 Å². The van der Waals surface area contributed by atoms with Crippen molar-refractivity contribution in [3.05, 3.63) is 57.5 Å². The maximum absolute atomic E-state index is 13.1. The average Bonchev–Trinajstić information content (AvgIpc) is 3.28. The van der Waals surface area contributed by atoms with Gasteiger partial charge in [-0.2, -0.15) is 0 Å². The molecule has 5 heteroatoms. The van der Waals surface area contributed by atoms with Crippen molar-refractivity contribution in [3.63, 3.8) is 0 Å². The fourth-order valence-corrected chi connectivity index (χ4v) is 4.66. The smallest absolute Gasteiger partial charge is 0.123 e. The number of ether oxygens (including phenoxy) is 1. The van der Waals surface area contributed by atoms with E-state index in [0.717, 1.165) is 38.3 Å².